The molecule has 0 aliphatic heterocycles. The number of nitrogens with zero attached hydrogens (tertiary/aromatic N) is 1. The maximum absolute atomic E-state index is 12.3. The second-order valence-corrected chi connectivity index (χ2v) is 5.63. The Morgan fingerprint density at radius 2 is 1.58 bits per heavy atom. The molecule has 3 aromatic carbocycles. The van der Waals surface area contributed by atoms with E-state index in [-0.39, 0.29) is 5.97 Å². The Labute approximate surface area is 139 Å². The molecule has 0 fully saturated rings. The molecule has 0 aliphatic rings. The van der Waals surface area contributed by atoms with Crippen molar-refractivity contribution >= 4 is 27.8 Å². The van der Waals surface area contributed by atoms with Crippen molar-refractivity contribution in [2.75, 3.05) is 7.11 Å². The number of para-hydroxylation sites is 1. The Bertz CT molecular complexity index is 1060. The zero-order chi connectivity index (χ0) is 16.5. The van der Waals surface area contributed by atoms with Crippen LogP contribution >= 0.6 is 0 Å². The van der Waals surface area contributed by atoms with Crippen LogP contribution in [0.25, 0.3) is 32.9 Å². The van der Waals surface area contributed by atoms with E-state index in [0.29, 0.717) is 5.56 Å². The third-order valence-corrected chi connectivity index (χ3v) is 4.15. The van der Waals surface area contributed by atoms with E-state index in [1.54, 1.807) is 0 Å². The number of benzene rings is 3. The first-order valence-corrected chi connectivity index (χ1v) is 7.73. The van der Waals surface area contributed by atoms with Gasteiger partial charge in [0.25, 0.3) is 0 Å². The zero-order valence-electron chi connectivity index (χ0n) is 13.2. The smallest absolute Gasteiger partial charge is 0.338 e. The van der Waals surface area contributed by atoms with E-state index in [1.807, 2.05) is 66.7 Å². The summed E-state index contributed by atoms with van der Waals surface area (Å²) in [7, 11) is 1.40. The third kappa shape index (κ3) is 2.40. The number of fused-ring (bicyclic) bond motifs is 2. The van der Waals surface area contributed by atoms with E-state index < -0.39 is 0 Å². The van der Waals surface area contributed by atoms with Crippen LogP contribution in [0.5, 0.6) is 0 Å². The SMILES string of the molecule is COC(=O)c1cc2cc3ccccc3nc2cc1-c1ccccc1. The van der Waals surface area contributed by atoms with Gasteiger partial charge in [-0.25, -0.2) is 9.78 Å². The van der Waals surface area contributed by atoms with Crippen LogP contribution in [-0.2, 0) is 4.74 Å². The van der Waals surface area contributed by atoms with Gasteiger partial charge in [0.15, 0.2) is 0 Å². The number of ether oxygens (including phenoxy) is 1. The molecular weight excluding hydrogens is 298 g/mol. The second-order valence-electron chi connectivity index (χ2n) is 5.63. The maximum atomic E-state index is 12.3. The van der Waals surface area contributed by atoms with Gasteiger partial charge in [-0.1, -0.05) is 48.5 Å². The van der Waals surface area contributed by atoms with Crippen molar-refractivity contribution in [2.45, 2.75) is 0 Å². The van der Waals surface area contributed by atoms with Crippen LogP contribution in [0.3, 0.4) is 0 Å². The molecule has 0 N–H and O–H groups in total. The lowest BCUT2D eigenvalue weighted by Crippen LogP contribution is -2.04. The van der Waals surface area contributed by atoms with Crippen molar-refractivity contribution in [3.8, 4) is 11.1 Å². The number of hydrogen-bond acceptors (Lipinski definition) is 3. The number of methoxy groups -OCH3 is 1. The summed E-state index contributed by atoms with van der Waals surface area (Å²) in [6.07, 6.45) is 0. The molecule has 4 aromatic rings. The van der Waals surface area contributed by atoms with Crippen LogP contribution in [0.4, 0.5) is 0 Å². The van der Waals surface area contributed by atoms with Gasteiger partial charge in [-0.15, -0.1) is 0 Å². The van der Waals surface area contributed by atoms with E-state index in [2.05, 4.69) is 6.07 Å². The number of hydrogen-bond donors (Lipinski definition) is 0. The van der Waals surface area contributed by atoms with Crippen LogP contribution in [0.1, 0.15) is 10.4 Å². The van der Waals surface area contributed by atoms with Crippen LogP contribution in [0, 0.1) is 0 Å². The highest BCUT2D eigenvalue weighted by molar-refractivity contribution is 6.04. The summed E-state index contributed by atoms with van der Waals surface area (Å²) in [5.41, 5.74) is 4.15. The molecule has 0 unspecified atom stereocenters. The van der Waals surface area contributed by atoms with E-state index in [4.69, 9.17) is 9.72 Å². The summed E-state index contributed by atoms with van der Waals surface area (Å²) < 4.78 is 4.98. The number of carbonyl (C=O) groups excluding carboxylic acids is 1. The highest BCUT2D eigenvalue weighted by Gasteiger charge is 2.15. The molecule has 0 atom stereocenters. The summed E-state index contributed by atoms with van der Waals surface area (Å²) >= 11 is 0. The van der Waals surface area contributed by atoms with Crippen molar-refractivity contribution in [1.82, 2.24) is 4.98 Å². The lowest BCUT2D eigenvalue weighted by Gasteiger charge is -2.11. The standard InChI is InChI=1S/C21H15NO2/c1-24-21(23)18-12-16-11-15-9-5-6-10-19(15)22-20(16)13-17(18)14-7-3-2-4-8-14/h2-13H,1H3. The fraction of sp³-hybridized carbons (Fsp3) is 0.0476. The molecule has 0 saturated carbocycles. The van der Waals surface area contributed by atoms with Crippen LogP contribution in [0.2, 0.25) is 0 Å². The summed E-state index contributed by atoms with van der Waals surface area (Å²) in [6.45, 7) is 0. The normalized spacial score (nSPS) is 10.9. The van der Waals surface area contributed by atoms with E-state index >= 15 is 0 Å². The lowest BCUT2D eigenvalue weighted by atomic mass is 9.97. The van der Waals surface area contributed by atoms with Crippen LogP contribution < -0.4 is 0 Å². The fourth-order valence-electron chi connectivity index (χ4n) is 2.96. The van der Waals surface area contributed by atoms with Crippen molar-refractivity contribution in [3.63, 3.8) is 0 Å². The highest BCUT2D eigenvalue weighted by Crippen LogP contribution is 2.30. The third-order valence-electron chi connectivity index (χ3n) is 4.15. The maximum Gasteiger partial charge on any atom is 0.338 e. The molecule has 0 spiro atoms. The second kappa shape index (κ2) is 5.78. The Balaban J connectivity index is 2.05. The molecule has 1 aromatic heterocycles. The molecule has 0 radical (unpaired) electrons. The van der Waals surface area contributed by atoms with Gasteiger partial charge in [0.1, 0.15) is 0 Å². The fourth-order valence-corrected chi connectivity index (χ4v) is 2.96. The van der Waals surface area contributed by atoms with E-state index in [1.165, 1.54) is 7.11 Å². The summed E-state index contributed by atoms with van der Waals surface area (Å²) in [6, 6.07) is 23.7. The number of carbonyl (C=O) groups is 1. The van der Waals surface area contributed by atoms with Gasteiger partial charge in [-0.05, 0) is 35.4 Å². The molecule has 0 saturated heterocycles. The molecule has 116 valence electrons. The number of rotatable bonds is 2. The lowest BCUT2D eigenvalue weighted by molar-refractivity contribution is 0.0602. The number of esters is 1. The molecule has 24 heavy (non-hydrogen) atoms. The summed E-state index contributed by atoms with van der Waals surface area (Å²) in [5, 5.41) is 1.97. The number of aromatic nitrogens is 1. The summed E-state index contributed by atoms with van der Waals surface area (Å²) in [5.74, 6) is -0.344. The zero-order valence-corrected chi connectivity index (χ0v) is 13.2. The van der Waals surface area contributed by atoms with Gasteiger partial charge in [0, 0.05) is 10.8 Å². The van der Waals surface area contributed by atoms with Gasteiger partial charge < -0.3 is 4.74 Å². The molecule has 0 bridgehead atoms. The largest absolute Gasteiger partial charge is 0.465 e. The molecule has 4 rings (SSSR count). The predicted octanol–water partition coefficient (Wildman–Crippen LogP) is 4.84. The first-order chi connectivity index (χ1) is 11.8. The average molecular weight is 313 g/mol. The Hall–Kier alpha value is -3.20. The monoisotopic (exact) mass is 313 g/mol. The minimum Gasteiger partial charge on any atom is -0.465 e. The average Bonchev–Trinajstić information content (AvgIpc) is 2.65. The van der Waals surface area contributed by atoms with Gasteiger partial charge in [-0.2, -0.15) is 0 Å². The topological polar surface area (TPSA) is 39.2 Å². The first kappa shape index (κ1) is 14.4. The van der Waals surface area contributed by atoms with E-state index in [0.717, 1.165) is 32.9 Å². The van der Waals surface area contributed by atoms with Gasteiger partial charge >= 0.3 is 5.97 Å². The quantitative estimate of drug-likeness (QED) is 0.392. The summed E-state index contributed by atoms with van der Waals surface area (Å²) in [4.78, 5) is 17.0. The van der Waals surface area contributed by atoms with Crippen molar-refractivity contribution < 1.29 is 9.53 Å². The van der Waals surface area contributed by atoms with E-state index in [9.17, 15) is 4.79 Å². The Morgan fingerprint density at radius 3 is 2.38 bits per heavy atom. The first-order valence-electron chi connectivity index (χ1n) is 7.73. The van der Waals surface area contributed by atoms with Crippen LogP contribution in [-0.4, -0.2) is 18.1 Å². The van der Waals surface area contributed by atoms with Crippen molar-refractivity contribution in [3.05, 3.63) is 78.4 Å². The Kier molecular flexibility index (Phi) is 3.47. The van der Waals surface area contributed by atoms with Crippen molar-refractivity contribution in [2.24, 2.45) is 0 Å². The van der Waals surface area contributed by atoms with Gasteiger partial charge in [-0.3, -0.25) is 0 Å². The minimum absolute atomic E-state index is 0.344. The Morgan fingerprint density at radius 1 is 0.833 bits per heavy atom. The van der Waals surface area contributed by atoms with Gasteiger partial charge in [0.05, 0.1) is 23.7 Å². The predicted molar refractivity (Wildman–Crippen MR) is 96.0 cm³/mol. The molecular formula is C21H15NO2. The minimum atomic E-state index is -0.344. The van der Waals surface area contributed by atoms with Gasteiger partial charge in [0.2, 0.25) is 0 Å². The highest BCUT2D eigenvalue weighted by atomic mass is 16.5. The molecule has 3 nitrogen and oxygen atoms in total. The van der Waals surface area contributed by atoms with Crippen molar-refractivity contribution in [1.29, 1.82) is 0 Å². The molecule has 1 heterocycles. The molecule has 3 heteroatoms. The molecule has 0 aliphatic carbocycles. The molecule has 0 amide bonds. The number of pyridine rings is 1. The van der Waals surface area contributed by atoms with Crippen LogP contribution in [0.15, 0.2) is 72.8 Å².